The molecule has 0 amide bonds. The minimum absolute atomic E-state index is 0.160. The summed E-state index contributed by atoms with van der Waals surface area (Å²) >= 11 is 0. The van der Waals surface area contributed by atoms with Gasteiger partial charge in [0.2, 0.25) is 0 Å². The number of nitrogens with zero attached hydrogens (tertiary/aromatic N) is 2. The van der Waals surface area contributed by atoms with E-state index in [0.29, 0.717) is 6.04 Å². The molecule has 0 bridgehead atoms. The Balaban J connectivity index is 2.15. The number of nitrogens with one attached hydrogen (secondary N) is 1. The Hall–Kier alpha value is -0.900. The largest absolute Gasteiger partial charge is 0.319 e. The Bertz CT molecular complexity index is 420. The van der Waals surface area contributed by atoms with Gasteiger partial charge in [0, 0.05) is 31.1 Å². The molecule has 2 atom stereocenters. The molecule has 3 heteroatoms. The van der Waals surface area contributed by atoms with Crippen LogP contribution in [-0.2, 0) is 5.41 Å². The van der Waals surface area contributed by atoms with Crippen LogP contribution < -0.4 is 5.32 Å². The van der Waals surface area contributed by atoms with E-state index in [1.54, 1.807) is 0 Å². The van der Waals surface area contributed by atoms with Crippen molar-refractivity contribution in [2.75, 3.05) is 46.8 Å². The summed E-state index contributed by atoms with van der Waals surface area (Å²) < 4.78 is 0. The SMILES string of the molecule is CNCC(C)(CN1CCCN(C)CC1C)c1ccccc1. The van der Waals surface area contributed by atoms with Crippen molar-refractivity contribution in [1.29, 1.82) is 0 Å². The lowest BCUT2D eigenvalue weighted by atomic mass is 9.81. The fourth-order valence-electron chi connectivity index (χ4n) is 3.58. The van der Waals surface area contributed by atoms with Crippen LogP contribution in [0, 0.1) is 0 Å². The quantitative estimate of drug-likeness (QED) is 0.896. The highest BCUT2D eigenvalue weighted by atomic mass is 15.2. The summed E-state index contributed by atoms with van der Waals surface area (Å²) in [5.74, 6) is 0. The molecule has 0 aliphatic carbocycles. The molecule has 1 N–H and O–H groups in total. The van der Waals surface area contributed by atoms with E-state index >= 15 is 0 Å². The van der Waals surface area contributed by atoms with Crippen molar-refractivity contribution in [3.63, 3.8) is 0 Å². The molecule has 1 aliphatic heterocycles. The first-order chi connectivity index (χ1) is 10.0. The van der Waals surface area contributed by atoms with Crippen LogP contribution in [0.4, 0.5) is 0 Å². The Morgan fingerprint density at radius 3 is 2.62 bits per heavy atom. The van der Waals surface area contributed by atoms with Crippen molar-refractivity contribution in [1.82, 2.24) is 15.1 Å². The summed E-state index contributed by atoms with van der Waals surface area (Å²) in [5, 5.41) is 3.40. The lowest BCUT2D eigenvalue weighted by molar-refractivity contribution is 0.162. The van der Waals surface area contributed by atoms with Gasteiger partial charge in [0.15, 0.2) is 0 Å². The standard InChI is InChI=1S/C18H31N3/c1-16-13-20(4)11-8-12-21(16)15-18(2,14-19-3)17-9-6-5-7-10-17/h5-7,9-10,16,19H,8,11-15H2,1-4H3. The van der Waals surface area contributed by atoms with Crippen LogP contribution in [0.3, 0.4) is 0 Å². The second-order valence-electron chi connectivity index (χ2n) is 6.89. The van der Waals surface area contributed by atoms with E-state index < -0.39 is 0 Å². The molecular weight excluding hydrogens is 258 g/mol. The van der Waals surface area contributed by atoms with Gasteiger partial charge >= 0.3 is 0 Å². The molecule has 1 fully saturated rings. The number of hydrogen-bond donors (Lipinski definition) is 1. The lowest BCUT2D eigenvalue weighted by Crippen LogP contribution is -2.49. The summed E-state index contributed by atoms with van der Waals surface area (Å²) in [5.41, 5.74) is 1.59. The minimum Gasteiger partial charge on any atom is -0.319 e. The van der Waals surface area contributed by atoms with Crippen LogP contribution in [0.1, 0.15) is 25.8 Å². The summed E-state index contributed by atoms with van der Waals surface area (Å²) in [6.07, 6.45) is 1.27. The van der Waals surface area contributed by atoms with Crippen LogP contribution in [0.5, 0.6) is 0 Å². The number of hydrogen-bond acceptors (Lipinski definition) is 3. The van der Waals surface area contributed by atoms with Gasteiger partial charge in [0.05, 0.1) is 0 Å². The van der Waals surface area contributed by atoms with E-state index in [2.05, 4.69) is 73.4 Å². The Morgan fingerprint density at radius 1 is 1.24 bits per heavy atom. The first-order valence-corrected chi connectivity index (χ1v) is 8.18. The third-order valence-corrected chi connectivity index (χ3v) is 4.77. The molecule has 1 aromatic carbocycles. The Kier molecular flexibility index (Phi) is 5.80. The zero-order valence-corrected chi connectivity index (χ0v) is 14.1. The lowest BCUT2D eigenvalue weighted by Gasteiger charge is -2.38. The topological polar surface area (TPSA) is 18.5 Å². The van der Waals surface area contributed by atoms with Crippen LogP contribution in [0.2, 0.25) is 0 Å². The predicted molar refractivity (Wildman–Crippen MR) is 90.9 cm³/mol. The summed E-state index contributed by atoms with van der Waals surface area (Å²) in [6.45, 7) is 10.5. The third-order valence-electron chi connectivity index (χ3n) is 4.77. The fraction of sp³-hybridized carbons (Fsp3) is 0.667. The highest BCUT2D eigenvalue weighted by molar-refractivity contribution is 5.25. The van der Waals surface area contributed by atoms with Crippen molar-refractivity contribution in [3.8, 4) is 0 Å². The van der Waals surface area contributed by atoms with E-state index in [-0.39, 0.29) is 5.41 Å². The molecule has 2 unspecified atom stereocenters. The van der Waals surface area contributed by atoms with E-state index in [1.165, 1.54) is 31.6 Å². The van der Waals surface area contributed by atoms with Gasteiger partial charge in [-0.2, -0.15) is 0 Å². The molecule has 2 rings (SSSR count). The maximum atomic E-state index is 3.40. The summed E-state index contributed by atoms with van der Waals surface area (Å²) in [4.78, 5) is 5.14. The first kappa shape index (κ1) is 16.5. The van der Waals surface area contributed by atoms with Gasteiger partial charge in [-0.1, -0.05) is 37.3 Å². The molecule has 1 aliphatic rings. The molecule has 3 nitrogen and oxygen atoms in total. The van der Waals surface area contributed by atoms with E-state index in [0.717, 1.165) is 13.1 Å². The highest BCUT2D eigenvalue weighted by Crippen LogP contribution is 2.26. The van der Waals surface area contributed by atoms with Crippen LogP contribution >= 0.6 is 0 Å². The summed E-state index contributed by atoms with van der Waals surface area (Å²) in [6, 6.07) is 11.6. The van der Waals surface area contributed by atoms with Crippen molar-refractivity contribution in [2.24, 2.45) is 0 Å². The van der Waals surface area contributed by atoms with Gasteiger partial charge < -0.3 is 10.2 Å². The van der Waals surface area contributed by atoms with Gasteiger partial charge in [-0.25, -0.2) is 0 Å². The van der Waals surface area contributed by atoms with E-state index in [9.17, 15) is 0 Å². The summed E-state index contributed by atoms with van der Waals surface area (Å²) in [7, 11) is 4.30. The normalized spacial score (nSPS) is 24.5. The van der Waals surface area contributed by atoms with Crippen molar-refractivity contribution in [2.45, 2.75) is 31.7 Å². The minimum atomic E-state index is 0.160. The number of likely N-dealkylation sites (N-methyl/N-ethyl adjacent to an activating group) is 2. The van der Waals surface area contributed by atoms with Gasteiger partial charge in [0.1, 0.15) is 0 Å². The molecule has 1 saturated heterocycles. The predicted octanol–water partition coefficient (Wildman–Crippen LogP) is 2.19. The molecule has 0 aromatic heterocycles. The molecule has 0 saturated carbocycles. The molecule has 1 heterocycles. The van der Waals surface area contributed by atoms with Crippen LogP contribution in [-0.4, -0.2) is 62.7 Å². The van der Waals surface area contributed by atoms with E-state index in [1.807, 2.05) is 0 Å². The third kappa shape index (κ3) is 4.29. The average molecular weight is 289 g/mol. The van der Waals surface area contributed by atoms with Crippen molar-refractivity contribution >= 4 is 0 Å². The zero-order chi connectivity index (χ0) is 15.3. The van der Waals surface area contributed by atoms with Crippen molar-refractivity contribution < 1.29 is 0 Å². The molecular formula is C18H31N3. The Morgan fingerprint density at radius 2 is 1.95 bits per heavy atom. The Labute approximate surface area is 130 Å². The van der Waals surface area contributed by atoms with Crippen LogP contribution in [0.25, 0.3) is 0 Å². The molecule has 1 aromatic rings. The van der Waals surface area contributed by atoms with Crippen molar-refractivity contribution in [3.05, 3.63) is 35.9 Å². The smallest absolute Gasteiger partial charge is 0.0195 e. The molecule has 21 heavy (non-hydrogen) atoms. The maximum Gasteiger partial charge on any atom is 0.0195 e. The van der Waals surface area contributed by atoms with Gasteiger partial charge in [0.25, 0.3) is 0 Å². The maximum absolute atomic E-state index is 3.40. The molecule has 0 radical (unpaired) electrons. The second-order valence-corrected chi connectivity index (χ2v) is 6.89. The molecule has 0 spiro atoms. The van der Waals surface area contributed by atoms with Gasteiger partial charge in [-0.05, 0) is 46.1 Å². The highest BCUT2D eigenvalue weighted by Gasteiger charge is 2.31. The number of benzene rings is 1. The monoisotopic (exact) mass is 289 g/mol. The van der Waals surface area contributed by atoms with Gasteiger partial charge in [-0.15, -0.1) is 0 Å². The zero-order valence-electron chi connectivity index (χ0n) is 14.1. The van der Waals surface area contributed by atoms with Gasteiger partial charge in [-0.3, -0.25) is 4.90 Å². The first-order valence-electron chi connectivity index (χ1n) is 8.18. The fourth-order valence-corrected chi connectivity index (χ4v) is 3.58. The van der Waals surface area contributed by atoms with Crippen LogP contribution in [0.15, 0.2) is 30.3 Å². The number of rotatable bonds is 5. The molecule has 118 valence electrons. The average Bonchev–Trinajstić information content (AvgIpc) is 2.61. The second kappa shape index (κ2) is 7.39. The van der Waals surface area contributed by atoms with E-state index in [4.69, 9.17) is 0 Å².